The molecule has 0 fully saturated rings. The summed E-state index contributed by atoms with van der Waals surface area (Å²) in [6.45, 7) is 3.36. The highest BCUT2D eigenvalue weighted by molar-refractivity contribution is 7.92. The van der Waals surface area contributed by atoms with Gasteiger partial charge < -0.3 is 9.82 Å². The fourth-order valence-corrected chi connectivity index (χ4v) is 5.65. The van der Waals surface area contributed by atoms with Gasteiger partial charge >= 0.3 is 12.1 Å². The minimum absolute atomic E-state index is 0.0447. The molecule has 0 amide bonds. The number of aromatic amines is 1. The van der Waals surface area contributed by atoms with Crippen LogP contribution in [0.25, 0.3) is 22.3 Å². The molecule has 0 spiro atoms. The molecule has 3 aromatic heterocycles. The third kappa shape index (κ3) is 5.77. The maximum atomic E-state index is 13.7. The van der Waals surface area contributed by atoms with Crippen LogP contribution >= 0.6 is 0 Å². The van der Waals surface area contributed by atoms with Gasteiger partial charge in [-0.25, -0.2) is 14.8 Å². The molecule has 2 aromatic carbocycles. The third-order valence-corrected chi connectivity index (χ3v) is 8.26. The molecule has 0 aliphatic carbocycles. The van der Waals surface area contributed by atoms with E-state index in [0.29, 0.717) is 28.0 Å². The molecule has 1 atom stereocenters. The summed E-state index contributed by atoms with van der Waals surface area (Å²) in [5, 5.41) is 14.7. The van der Waals surface area contributed by atoms with Gasteiger partial charge in [-0.15, -0.1) is 0 Å². The van der Waals surface area contributed by atoms with E-state index < -0.39 is 33.1 Å². The van der Waals surface area contributed by atoms with Crippen molar-refractivity contribution in [1.29, 1.82) is 5.26 Å². The van der Waals surface area contributed by atoms with Crippen molar-refractivity contribution >= 4 is 32.7 Å². The second-order valence-corrected chi connectivity index (χ2v) is 11.3. The number of carbonyl (C=O) groups is 1. The van der Waals surface area contributed by atoms with Gasteiger partial charge in [-0.1, -0.05) is 22.7 Å². The van der Waals surface area contributed by atoms with Gasteiger partial charge in [0.2, 0.25) is 0 Å². The number of nitrogens with zero attached hydrogens (tertiary/aromatic N) is 6. The van der Waals surface area contributed by atoms with Crippen LogP contribution in [-0.4, -0.2) is 45.3 Å². The van der Waals surface area contributed by atoms with Crippen LogP contribution in [0, 0.1) is 25.2 Å². The average molecular weight is 610 g/mol. The summed E-state index contributed by atoms with van der Waals surface area (Å²) in [6.07, 6.45) is 0.700. The molecular weight excluding hydrogens is 587 g/mol. The summed E-state index contributed by atoms with van der Waals surface area (Å²) in [4.78, 5) is 27.2. The molecule has 0 saturated carbocycles. The van der Waals surface area contributed by atoms with Gasteiger partial charge in [0, 0.05) is 23.3 Å². The summed E-state index contributed by atoms with van der Waals surface area (Å²) >= 11 is 0. The number of H-pyrrole nitrogens is 1. The van der Waals surface area contributed by atoms with Crippen LogP contribution in [-0.2, 0) is 19.7 Å². The van der Waals surface area contributed by atoms with E-state index in [4.69, 9.17) is 0 Å². The number of hydrogen-bond donors (Lipinski definition) is 1. The number of hydrogen-bond acceptors (Lipinski definition) is 8. The molecular formula is C28H22F3N7O4S. The first-order valence-electron chi connectivity index (χ1n) is 12.6. The maximum Gasteiger partial charge on any atom is 0.493 e. The van der Waals surface area contributed by atoms with Crippen molar-refractivity contribution < 1.29 is 31.2 Å². The number of aryl methyl sites for hydroxylation is 2. The number of carbonyl (C=O) groups excluding carboxylic acids is 1. The highest BCUT2D eigenvalue weighted by atomic mass is 32.2. The summed E-state index contributed by atoms with van der Waals surface area (Å²) in [7, 11) is -4.89. The maximum absolute atomic E-state index is 13.7. The van der Waals surface area contributed by atoms with Gasteiger partial charge in [-0.3, -0.25) is 4.68 Å². The lowest BCUT2D eigenvalue weighted by Crippen LogP contribution is -2.38. The van der Waals surface area contributed by atoms with Gasteiger partial charge in [0.15, 0.2) is 0 Å². The first-order valence-corrected chi connectivity index (χ1v) is 14.1. The Morgan fingerprint density at radius 1 is 1.14 bits per heavy atom. The topological polar surface area (TPSA) is 147 Å². The molecule has 1 N–H and O–H groups in total. The molecule has 11 nitrogen and oxygen atoms in total. The van der Waals surface area contributed by atoms with Crippen LogP contribution in [0.2, 0.25) is 0 Å². The summed E-state index contributed by atoms with van der Waals surface area (Å²) in [5.41, 5.74) is 3.11. The van der Waals surface area contributed by atoms with E-state index in [2.05, 4.69) is 31.0 Å². The van der Waals surface area contributed by atoms with Gasteiger partial charge in [0.25, 0.3) is 10.0 Å². The van der Waals surface area contributed by atoms with E-state index in [9.17, 15) is 31.6 Å². The van der Waals surface area contributed by atoms with Gasteiger partial charge in [-0.05, 0) is 60.9 Å². The van der Waals surface area contributed by atoms with Crippen molar-refractivity contribution in [2.75, 3.05) is 4.47 Å². The number of fused-ring (bicyclic) bond motifs is 1. The number of benzene rings is 2. The average Bonchev–Trinajstić information content (AvgIpc) is 3.66. The Labute approximate surface area is 243 Å². The lowest BCUT2D eigenvalue weighted by Gasteiger charge is -2.24. The smallest absolute Gasteiger partial charge is 0.346 e. The molecule has 43 heavy (non-hydrogen) atoms. The van der Waals surface area contributed by atoms with E-state index in [1.165, 1.54) is 47.5 Å². The van der Waals surface area contributed by atoms with Gasteiger partial charge in [0.1, 0.15) is 12.0 Å². The van der Waals surface area contributed by atoms with E-state index in [1.54, 1.807) is 38.4 Å². The first-order chi connectivity index (χ1) is 20.4. The predicted molar refractivity (Wildman–Crippen MR) is 148 cm³/mol. The quantitative estimate of drug-likeness (QED) is 0.238. The van der Waals surface area contributed by atoms with Crippen molar-refractivity contribution in [3.8, 4) is 17.3 Å². The molecule has 0 bridgehead atoms. The summed E-state index contributed by atoms with van der Waals surface area (Å²) in [5.74, 6) is -2.71. The summed E-state index contributed by atoms with van der Waals surface area (Å²) in [6, 6.07) is 12.3. The summed E-state index contributed by atoms with van der Waals surface area (Å²) < 4.78 is 68.3. The number of aromatic nitrogens is 5. The van der Waals surface area contributed by atoms with Crippen molar-refractivity contribution in [3.63, 3.8) is 0 Å². The van der Waals surface area contributed by atoms with E-state index in [1.807, 2.05) is 0 Å². The Hall–Kier alpha value is -5.23. The van der Waals surface area contributed by atoms with Crippen LogP contribution in [0.5, 0.6) is 0 Å². The SMILES string of the molecule is Cc1ccc(N(OC(=O)C(F)(F)F)S(=O)(=O)c2cccc(C(CC#N)n3cc(-c4ncnc5[nH]ccc45)cn3)c2)cc1C. The minimum atomic E-state index is -5.46. The van der Waals surface area contributed by atoms with E-state index >= 15 is 0 Å². The van der Waals surface area contributed by atoms with E-state index in [0.717, 1.165) is 17.0 Å². The number of sulfonamides is 1. The number of nitrogens with one attached hydrogen (secondary N) is 1. The number of alkyl halides is 3. The van der Waals surface area contributed by atoms with Crippen molar-refractivity contribution in [2.24, 2.45) is 0 Å². The van der Waals surface area contributed by atoms with Crippen LogP contribution in [0.15, 0.2) is 78.3 Å². The van der Waals surface area contributed by atoms with Crippen LogP contribution in [0.4, 0.5) is 18.9 Å². The number of anilines is 1. The lowest BCUT2D eigenvalue weighted by atomic mass is 10.0. The molecule has 5 aromatic rings. The number of halogens is 3. The van der Waals surface area contributed by atoms with Gasteiger partial charge in [0.05, 0.1) is 41.0 Å². The van der Waals surface area contributed by atoms with Crippen LogP contribution in [0.3, 0.4) is 0 Å². The fourth-order valence-electron chi connectivity index (χ4n) is 4.37. The van der Waals surface area contributed by atoms with E-state index in [-0.39, 0.29) is 16.6 Å². The molecule has 220 valence electrons. The minimum Gasteiger partial charge on any atom is -0.346 e. The molecule has 3 heterocycles. The molecule has 0 saturated heterocycles. The van der Waals surface area contributed by atoms with Crippen molar-refractivity contribution in [1.82, 2.24) is 24.7 Å². The molecule has 0 aliphatic heterocycles. The van der Waals surface area contributed by atoms with Crippen molar-refractivity contribution in [3.05, 3.63) is 90.1 Å². The molecule has 15 heteroatoms. The highest BCUT2D eigenvalue weighted by Gasteiger charge is 2.45. The highest BCUT2D eigenvalue weighted by Crippen LogP contribution is 2.32. The normalized spacial score (nSPS) is 12.6. The Morgan fingerprint density at radius 2 is 1.93 bits per heavy atom. The molecule has 1 unspecified atom stereocenters. The monoisotopic (exact) mass is 609 g/mol. The zero-order chi connectivity index (χ0) is 30.9. The number of nitriles is 1. The van der Waals surface area contributed by atoms with Crippen molar-refractivity contribution in [2.45, 2.75) is 37.4 Å². The third-order valence-electron chi connectivity index (χ3n) is 6.69. The second kappa shape index (κ2) is 11.2. The zero-order valence-electron chi connectivity index (χ0n) is 22.6. The number of rotatable bonds is 8. The Morgan fingerprint density at radius 3 is 2.65 bits per heavy atom. The van der Waals surface area contributed by atoms with Crippen LogP contribution < -0.4 is 4.47 Å². The standard InChI is InChI=1S/C28H22F3N7O4S/c1-17-6-7-21(12-18(17)2)38(42-27(39)28(29,30)31)43(40,41)22-5-3-4-19(13-22)24(8-10-32)37-15-20(14-36-37)25-23-9-11-33-26(23)35-16-34-25/h3-7,9,11-16,24H,8H2,1-2H3,(H,33,34,35). The molecule has 0 aliphatic rings. The first kappa shape index (κ1) is 29.3. The van der Waals surface area contributed by atoms with Gasteiger partial charge in [-0.2, -0.15) is 31.9 Å². The Balaban J connectivity index is 1.55. The lowest BCUT2D eigenvalue weighted by molar-refractivity contribution is -0.199. The molecule has 0 radical (unpaired) electrons. The second-order valence-electron chi connectivity index (χ2n) is 9.50. The largest absolute Gasteiger partial charge is 0.493 e. The predicted octanol–water partition coefficient (Wildman–Crippen LogP) is 5.16. The zero-order valence-corrected chi connectivity index (χ0v) is 23.4. The fraction of sp³-hybridized carbons (Fsp3) is 0.179. The Kier molecular flexibility index (Phi) is 7.63. The Bertz CT molecular complexity index is 1980. The van der Waals surface area contributed by atoms with Crippen LogP contribution in [0.1, 0.15) is 29.2 Å². The molecule has 5 rings (SSSR count).